The van der Waals surface area contributed by atoms with Crippen molar-refractivity contribution in [2.45, 2.75) is 25.4 Å². The Labute approximate surface area is 202 Å². The average Bonchev–Trinajstić information content (AvgIpc) is 3.07. The Morgan fingerprint density at radius 3 is 2.24 bits per heavy atom. The number of likely N-dealkylation sites (N-methyl/N-ethyl adjacent to an activating group) is 1. The van der Waals surface area contributed by atoms with Gasteiger partial charge < -0.3 is 4.90 Å². The molecule has 0 saturated carbocycles. The summed E-state index contributed by atoms with van der Waals surface area (Å²) in [6.45, 7) is 3.97. The number of amides is 1. The topological polar surface area (TPSA) is 26.8 Å². The van der Waals surface area contributed by atoms with Crippen LogP contribution in [0, 0.1) is 5.82 Å². The highest BCUT2D eigenvalue weighted by atomic mass is 19.1. The zero-order valence-electron chi connectivity index (χ0n) is 19.9. The number of rotatable bonds is 8. The zero-order chi connectivity index (χ0) is 23.8. The fourth-order valence-corrected chi connectivity index (χ4v) is 4.71. The summed E-state index contributed by atoms with van der Waals surface area (Å²) in [5.41, 5.74) is 3.19. The highest BCUT2D eigenvalue weighted by molar-refractivity contribution is 5.78. The van der Waals surface area contributed by atoms with E-state index in [0.29, 0.717) is 38.2 Å². The van der Waals surface area contributed by atoms with Crippen LogP contribution >= 0.6 is 0 Å². The summed E-state index contributed by atoms with van der Waals surface area (Å²) >= 11 is 0. The van der Waals surface area contributed by atoms with E-state index in [1.54, 1.807) is 6.07 Å². The fourth-order valence-electron chi connectivity index (χ4n) is 4.71. The van der Waals surface area contributed by atoms with Crippen LogP contribution in [0.4, 0.5) is 4.39 Å². The van der Waals surface area contributed by atoms with Crippen molar-refractivity contribution in [2.75, 3.05) is 39.8 Å². The lowest BCUT2D eigenvalue weighted by atomic mass is 10.0. The van der Waals surface area contributed by atoms with Gasteiger partial charge in [-0.15, -0.1) is 0 Å². The van der Waals surface area contributed by atoms with Gasteiger partial charge in [-0.3, -0.25) is 14.6 Å². The van der Waals surface area contributed by atoms with E-state index in [9.17, 15) is 9.18 Å². The largest absolute Gasteiger partial charge is 0.340 e. The number of hydrogen-bond acceptors (Lipinski definition) is 3. The first-order chi connectivity index (χ1) is 16.6. The standard InChI is InChI=1S/C29H34FN3O/c1-31(18-16-24-10-4-2-5-11-24)23-29(34)32-19-17-28(26-14-8-9-15-27(26)30)33(21-20-32)22-25-12-6-3-7-13-25/h2-15,28H,16-23H2,1H3. The predicted molar refractivity (Wildman–Crippen MR) is 135 cm³/mol. The van der Waals surface area contributed by atoms with Gasteiger partial charge in [0.25, 0.3) is 0 Å². The van der Waals surface area contributed by atoms with Crippen molar-refractivity contribution in [3.05, 3.63) is 107 Å². The maximum absolute atomic E-state index is 14.8. The van der Waals surface area contributed by atoms with E-state index in [4.69, 9.17) is 0 Å². The number of benzene rings is 3. The minimum atomic E-state index is -0.175. The lowest BCUT2D eigenvalue weighted by molar-refractivity contribution is -0.132. The molecule has 1 amide bonds. The molecule has 178 valence electrons. The average molecular weight is 460 g/mol. The van der Waals surface area contributed by atoms with Crippen molar-refractivity contribution in [1.29, 1.82) is 0 Å². The highest BCUT2D eigenvalue weighted by Gasteiger charge is 2.29. The van der Waals surface area contributed by atoms with Crippen LogP contribution in [0.2, 0.25) is 0 Å². The number of nitrogens with zero attached hydrogens (tertiary/aromatic N) is 3. The number of carbonyl (C=O) groups excluding carboxylic acids is 1. The molecule has 1 unspecified atom stereocenters. The maximum atomic E-state index is 14.8. The first-order valence-electron chi connectivity index (χ1n) is 12.1. The molecule has 1 heterocycles. The van der Waals surface area contributed by atoms with Gasteiger partial charge in [0, 0.05) is 44.3 Å². The van der Waals surface area contributed by atoms with Gasteiger partial charge in [-0.05, 0) is 37.1 Å². The molecule has 0 aliphatic carbocycles. The van der Waals surface area contributed by atoms with Gasteiger partial charge in [0.15, 0.2) is 0 Å². The fraction of sp³-hybridized carbons (Fsp3) is 0.345. The van der Waals surface area contributed by atoms with Crippen molar-refractivity contribution in [2.24, 2.45) is 0 Å². The molecule has 34 heavy (non-hydrogen) atoms. The molecule has 1 saturated heterocycles. The SMILES string of the molecule is CN(CCc1ccccc1)CC(=O)N1CCC(c2ccccc2F)N(Cc2ccccc2)CC1. The van der Waals surface area contributed by atoms with Gasteiger partial charge >= 0.3 is 0 Å². The summed E-state index contributed by atoms with van der Waals surface area (Å²) in [6, 6.07) is 27.6. The molecule has 1 atom stereocenters. The lowest BCUT2D eigenvalue weighted by Crippen LogP contribution is -2.41. The summed E-state index contributed by atoms with van der Waals surface area (Å²) in [7, 11) is 2.00. The Morgan fingerprint density at radius 1 is 0.882 bits per heavy atom. The second kappa shape index (κ2) is 11.9. The Balaban J connectivity index is 1.41. The molecule has 0 N–H and O–H groups in total. The third-order valence-corrected chi connectivity index (χ3v) is 6.65. The van der Waals surface area contributed by atoms with Crippen LogP contribution in [0.25, 0.3) is 0 Å². The molecule has 3 aromatic carbocycles. The highest BCUT2D eigenvalue weighted by Crippen LogP contribution is 2.30. The van der Waals surface area contributed by atoms with E-state index in [2.05, 4.69) is 34.1 Å². The zero-order valence-corrected chi connectivity index (χ0v) is 19.9. The van der Waals surface area contributed by atoms with Crippen LogP contribution in [0.5, 0.6) is 0 Å². The van der Waals surface area contributed by atoms with Crippen LogP contribution in [0.1, 0.15) is 29.2 Å². The molecule has 5 heteroatoms. The number of carbonyl (C=O) groups is 1. The van der Waals surface area contributed by atoms with Gasteiger partial charge in [-0.2, -0.15) is 0 Å². The van der Waals surface area contributed by atoms with E-state index in [-0.39, 0.29) is 17.8 Å². The molecule has 1 aliphatic rings. The van der Waals surface area contributed by atoms with E-state index in [0.717, 1.165) is 19.5 Å². The second-order valence-corrected chi connectivity index (χ2v) is 9.14. The molecule has 1 aliphatic heterocycles. The van der Waals surface area contributed by atoms with Gasteiger partial charge in [-0.25, -0.2) is 4.39 Å². The van der Waals surface area contributed by atoms with Crippen LogP contribution in [-0.4, -0.2) is 60.4 Å². The predicted octanol–water partition coefficient (Wildman–Crippen LogP) is 4.78. The lowest BCUT2D eigenvalue weighted by Gasteiger charge is -2.30. The summed E-state index contributed by atoms with van der Waals surface area (Å²) in [5, 5.41) is 0. The molecule has 4 rings (SSSR count). The summed E-state index contributed by atoms with van der Waals surface area (Å²) in [5.74, 6) is -0.0320. The van der Waals surface area contributed by atoms with E-state index < -0.39 is 0 Å². The molecule has 0 spiro atoms. The molecule has 0 aromatic heterocycles. The third kappa shape index (κ3) is 6.52. The molecule has 1 fully saturated rings. The van der Waals surface area contributed by atoms with Gasteiger partial charge in [0.2, 0.25) is 5.91 Å². The summed E-state index contributed by atoms with van der Waals surface area (Å²) in [6.07, 6.45) is 1.64. The molecular formula is C29H34FN3O. The Bertz CT molecular complexity index is 1040. The monoisotopic (exact) mass is 459 g/mol. The number of halogens is 1. The molecule has 3 aromatic rings. The quantitative estimate of drug-likeness (QED) is 0.485. The van der Waals surface area contributed by atoms with Gasteiger partial charge in [0.1, 0.15) is 5.82 Å². The first kappa shape index (κ1) is 24.1. The molecule has 0 bridgehead atoms. The van der Waals surface area contributed by atoms with E-state index in [1.165, 1.54) is 17.2 Å². The van der Waals surface area contributed by atoms with E-state index in [1.807, 2.05) is 60.5 Å². The normalized spacial score (nSPS) is 17.0. The molecule has 0 radical (unpaired) electrons. The van der Waals surface area contributed by atoms with Crippen molar-refractivity contribution in [3.8, 4) is 0 Å². The maximum Gasteiger partial charge on any atom is 0.236 e. The minimum absolute atomic E-state index is 0.0602. The van der Waals surface area contributed by atoms with Crippen LogP contribution < -0.4 is 0 Å². The van der Waals surface area contributed by atoms with Crippen molar-refractivity contribution in [1.82, 2.24) is 14.7 Å². The number of hydrogen-bond donors (Lipinski definition) is 0. The smallest absolute Gasteiger partial charge is 0.236 e. The van der Waals surface area contributed by atoms with Crippen molar-refractivity contribution < 1.29 is 9.18 Å². The van der Waals surface area contributed by atoms with E-state index >= 15 is 0 Å². The summed E-state index contributed by atoms with van der Waals surface area (Å²) < 4.78 is 14.8. The van der Waals surface area contributed by atoms with Crippen molar-refractivity contribution >= 4 is 5.91 Å². The Kier molecular flexibility index (Phi) is 8.45. The molecule has 4 nitrogen and oxygen atoms in total. The van der Waals surface area contributed by atoms with Gasteiger partial charge in [0.05, 0.1) is 6.54 Å². The first-order valence-corrected chi connectivity index (χ1v) is 12.1. The Morgan fingerprint density at radius 2 is 1.53 bits per heavy atom. The van der Waals surface area contributed by atoms with Crippen molar-refractivity contribution in [3.63, 3.8) is 0 Å². The van der Waals surface area contributed by atoms with Gasteiger partial charge in [-0.1, -0.05) is 78.9 Å². The van der Waals surface area contributed by atoms with Crippen LogP contribution in [-0.2, 0) is 17.8 Å². The minimum Gasteiger partial charge on any atom is -0.340 e. The Hall–Kier alpha value is -3.02. The summed E-state index contributed by atoms with van der Waals surface area (Å²) in [4.78, 5) is 19.5. The van der Waals surface area contributed by atoms with Crippen LogP contribution in [0.3, 0.4) is 0 Å². The third-order valence-electron chi connectivity index (χ3n) is 6.65. The van der Waals surface area contributed by atoms with Crippen LogP contribution in [0.15, 0.2) is 84.9 Å². The molecular weight excluding hydrogens is 425 g/mol. The second-order valence-electron chi connectivity index (χ2n) is 9.14.